The average molecular weight is 243 g/mol. The molecule has 0 aromatic heterocycles. The van der Waals surface area contributed by atoms with Crippen molar-refractivity contribution in [3.05, 3.63) is 35.4 Å². The molecule has 94 valence electrons. The number of alkyl halides is 3. The molecule has 0 aliphatic carbocycles. The van der Waals surface area contributed by atoms with Gasteiger partial charge in [0.05, 0.1) is 5.56 Å². The summed E-state index contributed by atoms with van der Waals surface area (Å²) in [5.74, 6) is 0. The fourth-order valence-corrected chi connectivity index (χ4v) is 2.54. The van der Waals surface area contributed by atoms with Gasteiger partial charge < -0.3 is 5.32 Å². The van der Waals surface area contributed by atoms with Gasteiger partial charge in [-0.25, -0.2) is 0 Å². The zero-order valence-corrected chi connectivity index (χ0v) is 9.77. The van der Waals surface area contributed by atoms with E-state index < -0.39 is 11.7 Å². The highest BCUT2D eigenvalue weighted by molar-refractivity contribution is 5.30. The maximum atomic E-state index is 12.5. The number of halogens is 3. The van der Waals surface area contributed by atoms with E-state index in [1.807, 2.05) is 0 Å². The van der Waals surface area contributed by atoms with Crippen LogP contribution in [0.3, 0.4) is 0 Å². The molecule has 0 amide bonds. The molecule has 1 aliphatic rings. The summed E-state index contributed by atoms with van der Waals surface area (Å²) < 4.78 is 37.4. The second kappa shape index (κ2) is 4.33. The van der Waals surface area contributed by atoms with Crippen molar-refractivity contribution in [2.75, 3.05) is 6.54 Å². The summed E-state index contributed by atoms with van der Waals surface area (Å²) >= 11 is 0. The van der Waals surface area contributed by atoms with E-state index in [1.54, 1.807) is 12.1 Å². The van der Waals surface area contributed by atoms with E-state index in [0.29, 0.717) is 0 Å². The summed E-state index contributed by atoms with van der Waals surface area (Å²) in [7, 11) is 0. The Morgan fingerprint density at radius 2 is 1.88 bits per heavy atom. The van der Waals surface area contributed by atoms with Gasteiger partial charge in [-0.2, -0.15) is 13.2 Å². The third-order valence-corrected chi connectivity index (χ3v) is 3.61. The lowest BCUT2D eigenvalue weighted by Gasteiger charge is -2.29. The number of rotatable bonds is 2. The van der Waals surface area contributed by atoms with Crippen LogP contribution in [-0.2, 0) is 11.7 Å². The van der Waals surface area contributed by atoms with Crippen LogP contribution in [0.15, 0.2) is 24.3 Å². The zero-order valence-electron chi connectivity index (χ0n) is 9.77. The zero-order chi connectivity index (χ0) is 12.5. The predicted molar refractivity (Wildman–Crippen MR) is 60.6 cm³/mol. The normalized spacial score (nSPS) is 25.2. The van der Waals surface area contributed by atoms with Crippen LogP contribution in [0.4, 0.5) is 13.2 Å². The lowest BCUT2D eigenvalue weighted by Crippen LogP contribution is -2.35. The SMILES string of the molecule is CCC1(c2ccc(C(F)(F)F)cc2)CCCN1. The van der Waals surface area contributed by atoms with Gasteiger partial charge in [0.25, 0.3) is 0 Å². The standard InChI is InChI=1S/C13H16F3N/c1-2-12(8-3-9-17-12)10-4-6-11(7-5-10)13(14,15)16/h4-7,17H,2-3,8-9H2,1H3. The topological polar surface area (TPSA) is 12.0 Å². The Hall–Kier alpha value is -1.03. The lowest BCUT2D eigenvalue weighted by atomic mass is 9.85. The molecule has 17 heavy (non-hydrogen) atoms. The third-order valence-electron chi connectivity index (χ3n) is 3.61. The van der Waals surface area contributed by atoms with Crippen LogP contribution in [-0.4, -0.2) is 6.54 Å². The molecule has 1 fully saturated rings. The highest BCUT2D eigenvalue weighted by Gasteiger charge is 2.35. The number of hydrogen-bond acceptors (Lipinski definition) is 1. The molecule has 1 aromatic rings. The van der Waals surface area contributed by atoms with Crippen molar-refractivity contribution >= 4 is 0 Å². The van der Waals surface area contributed by atoms with E-state index in [2.05, 4.69) is 12.2 Å². The van der Waals surface area contributed by atoms with Crippen molar-refractivity contribution in [3.63, 3.8) is 0 Å². The second-order valence-corrected chi connectivity index (χ2v) is 4.54. The summed E-state index contributed by atoms with van der Waals surface area (Å²) in [6.45, 7) is 3.00. The van der Waals surface area contributed by atoms with E-state index >= 15 is 0 Å². The molecule has 2 rings (SSSR count). The van der Waals surface area contributed by atoms with Crippen molar-refractivity contribution in [3.8, 4) is 0 Å². The minimum absolute atomic E-state index is 0.121. The quantitative estimate of drug-likeness (QED) is 0.835. The van der Waals surface area contributed by atoms with Gasteiger partial charge in [-0.1, -0.05) is 19.1 Å². The predicted octanol–water partition coefficient (Wildman–Crippen LogP) is 3.69. The minimum atomic E-state index is -4.25. The summed E-state index contributed by atoms with van der Waals surface area (Å²) in [4.78, 5) is 0. The molecule has 0 saturated carbocycles. The summed E-state index contributed by atoms with van der Waals surface area (Å²) in [5, 5.41) is 3.41. The lowest BCUT2D eigenvalue weighted by molar-refractivity contribution is -0.137. The molecule has 1 saturated heterocycles. The Balaban J connectivity index is 2.28. The molecular formula is C13H16F3N. The highest BCUT2D eigenvalue weighted by Crippen LogP contribution is 2.36. The van der Waals surface area contributed by atoms with E-state index in [4.69, 9.17) is 0 Å². The van der Waals surface area contributed by atoms with E-state index in [9.17, 15) is 13.2 Å². The van der Waals surface area contributed by atoms with Gasteiger partial charge in [0.1, 0.15) is 0 Å². The molecule has 0 radical (unpaired) electrons. The molecule has 1 aromatic carbocycles. The van der Waals surface area contributed by atoms with Gasteiger partial charge in [-0.3, -0.25) is 0 Å². The van der Waals surface area contributed by atoms with Crippen LogP contribution in [0.1, 0.15) is 37.3 Å². The average Bonchev–Trinajstić information content (AvgIpc) is 2.78. The van der Waals surface area contributed by atoms with E-state index in [0.717, 1.165) is 31.4 Å². The first-order chi connectivity index (χ1) is 7.98. The number of nitrogens with one attached hydrogen (secondary N) is 1. The molecule has 0 bridgehead atoms. The molecule has 1 unspecified atom stereocenters. The molecule has 1 atom stereocenters. The fraction of sp³-hybridized carbons (Fsp3) is 0.538. The maximum Gasteiger partial charge on any atom is 0.416 e. The Kier molecular flexibility index (Phi) is 3.17. The largest absolute Gasteiger partial charge is 0.416 e. The molecule has 1 heterocycles. The first-order valence-corrected chi connectivity index (χ1v) is 5.91. The van der Waals surface area contributed by atoms with E-state index in [1.165, 1.54) is 12.1 Å². The van der Waals surface area contributed by atoms with E-state index in [-0.39, 0.29) is 5.54 Å². The van der Waals surface area contributed by atoms with Crippen molar-refractivity contribution in [2.24, 2.45) is 0 Å². The highest BCUT2D eigenvalue weighted by atomic mass is 19.4. The van der Waals surface area contributed by atoms with Gasteiger partial charge in [-0.15, -0.1) is 0 Å². The fourth-order valence-electron chi connectivity index (χ4n) is 2.54. The van der Waals surface area contributed by atoms with Crippen molar-refractivity contribution in [1.29, 1.82) is 0 Å². The molecule has 0 spiro atoms. The van der Waals surface area contributed by atoms with Gasteiger partial charge in [-0.05, 0) is 43.5 Å². The smallest absolute Gasteiger partial charge is 0.307 e. The summed E-state index contributed by atoms with van der Waals surface area (Å²) in [6.07, 6.45) is -1.27. The van der Waals surface area contributed by atoms with Gasteiger partial charge in [0, 0.05) is 5.54 Å². The number of hydrogen-bond donors (Lipinski definition) is 1. The van der Waals surface area contributed by atoms with Crippen LogP contribution in [0.2, 0.25) is 0 Å². The molecule has 4 heteroatoms. The Morgan fingerprint density at radius 1 is 1.24 bits per heavy atom. The Morgan fingerprint density at radius 3 is 2.29 bits per heavy atom. The summed E-state index contributed by atoms with van der Waals surface area (Å²) in [5.41, 5.74) is 0.264. The molecule has 1 N–H and O–H groups in total. The minimum Gasteiger partial charge on any atom is -0.307 e. The monoisotopic (exact) mass is 243 g/mol. The van der Waals surface area contributed by atoms with Crippen molar-refractivity contribution in [2.45, 2.75) is 37.9 Å². The first kappa shape index (κ1) is 12.4. The first-order valence-electron chi connectivity index (χ1n) is 5.91. The van der Waals surface area contributed by atoms with Gasteiger partial charge in [0.2, 0.25) is 0 Å². The van der Waals surface area contributed by atoms with Crippen molar-refractivity contribution in [1.82, 2.24) is 5.32 Å². The van der Waals surface area contributed by atoms with Crippen LogP contribution in [0, 0.1) is 0 Å². The third kappa shape index (κ3) is 2.32. The van der Waals surface area contributed by atoms with Crippen LogP contribution in [0.25, 0.3) is 0 Å². The Bertz CT molecular complexity index is 375. The van der Waals surface area contributed by atoms with Gasteiger partial charge >= 0.3 is 6.18 Å². The van der Waals surface area contributed by atoms with Crippen LogP contribution in [0.5, 0.6) is 0 Å². The van der Waals surface area contributed by atoms with Crippen LogP contribution >= 0.6 is 0 Å². The molecular weight excluding hydrogens is 227 g/mol. The summed E-state index contributed by atoms with van der Waals surface area (Å²) in [6, 6.07) is 5.55. The van der Waals surface area contributed by atoms with Crippen LogP contribution < -0.4 is 5.32 Å². The number of benzene rings is 1. The molecule has 1 nitrogen and oxygen atoms in total. The maximum absolute atomic E-state index is 12.5. The van der Waals surface area contributed by atoms with Crippen molar-refractivity contribution < 1.29 is 13.2 Å². The van der Waals surface area contributed by atoms with Gasteiger partial charge in [0.15, 0.2) is 0 Å². The second-order valence-electron chi connectivity index (χ2n) is 4.54. The molecule has 1 aliphatic heterocycles. The Labute approximate surface area is 99.0 Å².